The molecule has 0 radical (unpaired) electrons. The van der Waals surface area contributed by atoms with E-state index in [1.54, 1.807) is 0 Å². The Balaban J connectivity index is 1.72. The van der Waals surface area contributed by atoms with Crippen LogP contribution < -0.4 is 5.32 Å². The van der Waals surface area contributed by atoms with Gasteiger partial charge < -0.3 is 10.2 Å². The van der Waals surface area contributed by atoms with E-state index in [0.717, 1.165) is 45.4 Å². The molecule has 1 amide bonds. The molecule has 0 bridgehead atoms. The Morgan fingerprint density at radius 1 is 1.23 bits per heavy atom. The lowest BCUT2D eigenvalue weighted by atomic mass is 9.79. The summed E-state index contributed by atoms with van der Waals surface area (Å²) in [5, 5.41) is 3.30. The fourth-order valence-corrected chi connectivity index (χ4v) is 3.96. The van der Waals surface area contributed by atoms with Crippen LogP contribution in [0.1, 0.15) is 24.8 Å². The van der Waals surface area contributed by atoms with Crippen molar-refractivity contribution in [3.05, 3.63) is 35.9 Å². The highest BCUT2D eigenvalue weighted by molar-refractivity contribution is 5.79. The molecule has 2 fully saturated rings. The van der Waals surface area contributed by atoms with Gasteiger partial charge in [-0.25, -0.2) is 0 Å². The molecule has 120 valence electrons. The first-order valence-corrected chi connectivity index (χ1v) is 8.36. The molecule has 1 aromatic rings. The van der Waals surface area contributed by atoms with Gasteiger partial charge in [0.05, 0.1) is 5.92 Å². The standard InChI is InChI=1S/C18H27N3O/c1-20(2)18(16-6-4-3-5-7-16)9-12-21(13-10-18)17(22)15-8-11-19-14-15/h3-7,15,19H,8-14H2,1-2H3. The number of carbonyl (C=O) groups excluding carboxylic acids is 1. The lowest BCUT2D eigenvalue weighted by Gasteiger charge is -2.47. The van der Waals surface area contributed by atoms with E-state index in [2.05, 4.69) is 59.5 Å². The van der Waals surface area contributed by atoms with Gasteiger partial charge in [0.1, 0.15) is 0 Å². The summed E-state index contributed by atoms with van der Waals surface area (Å²) in [5.41, 5.74) is 1.43. The predicted octanol–water partition coefficient (Wildman–Crippen LogP) is 1.68. The van der Waals surface area contributed by atoms with E-state index in [1.807, 2.05) is 0 Å². The van der Waals surface area contributed by atoms with Crippen molar-refractivity contribution in [1.82, 2.24) is 15.1 Å². The number of benzene rings is 1. The molecule has 0 saturated carbocycles. The third-order valence-electron chi connectivity index (χ3n) is 5.48. The number of carbonyl (C=O) groups is 1. The Morgan fingerprint density at radius 2 is 1.91 bits per heavy atom. The summed E-state index contributed by atoms with van der Waals surface area (Å²) in [4.78, 5) is 17.0. The van der Waals surface area contributed by atoms with Crippen molar-refractivity contribution in [3.63, 3.8) is 0 Å². The van der Waals surface area contributed by atoms with Crippen molar-refractivity contribution in [2.75, 3.05) is 40.3 Å². The van der Waals surface area contributed by atoms with Gasteiger partial charge in [-0.2, -0.15) is 0 Å². The van der Waals surface area contributed by atoms with Crippen LogP contribution in [0.2, 0.25) is 0 Å². The van der Waals surface area contributed by atoms with Gasteiger partial charge in [0.2, 0.25) is 5.91 Å². The van der Waals surface area contributed by atoms with Crippen LogP contribution in [0.25, 0.3) is 0 Å². The van der Waals surface area contributed by atoms with Crippen molar-refractivity contribution in [1.29, 1.82) is 0 Å². The van der Waals surface area contributed by atoms with Crippen molar-refractivity contribution in [2.45, 2.75) is 24.8 Å². The van der Waals surface area contributed by atoms with Gasteiger partial charge in [0.15, 0.2) is 0 Å². The first-order chi connectivity index (χ1) is 10.6. The van der Waals surface area contributed by atoms with Crippen molar-refractivity contribution in [2.24, 2.45) is 5.92 Å². The van der Waals surface area contributed by atoms with E-state index in [1.165, 1.54) is 5.56 Å². The first kappa shape index (κ1) is 15.5. The molecule has 2 saturated heterocycles. The molecule has 1 atom stereocenters. The number of nitrogens with zero attached hydrogens (tertiary/aromatic N) is 2. The summed E-state index contributed by atoms with van der Waals surface area (Å²) in [5.74, 6) is 0.550. The fourth-order valence-electron chi connectivity index (χ4n) is 3.96. The number of likely N-dealkylation sites (tertiary alicyclic amines) is 1. The van der Waals surface area contributed by atoms with Crippen LogP contribution in [-0.2, 0) is 10.3 Å². The lowest BCUT2D eigenvalue weighted by Crippen LogP contribution is -2.52. The summed E-state index contributed by atoms with van der Waals surface area (Å²) in [6.07, 6.45) is 3.01. The third-order valence-corrected chi connectivity index (χ3v) is 5.48. The fraction of sp³-hybridized carbons (Fsp3) is 0.611. The molecule has 2 aliphatic heterocycles. The Kier molecular flexibility index (Phi) is 4.50. The minimum Gasteiger partial charge on any atom is -0.342 e. The Bertz CT molecular complexity index is 500. The smallest absolute Gasteiger partial charge is 0.227 e. The topological polar surface area (TPSA) is 35.6 Å². The number of hydrogen-bond acceptors (Lipinski definition) is 3. The zero-order valence-electron chi connectivity index (χ0n) is 13.7. The SMILES string of the molecule is CN(C)C1(c2ccccc2)CCN(C(=O)C2CCNC2)CC1. The molecule has 22 heavy (non-hydrogen) atoms. The van der Waals surface area contributed by atoms with E-state index < -0.39 is 0 Å². The average Bonchev–Trinajstić information content (AvgIpc) is 3.09. The summed E-state index contributed by atoms with van der Waals surface area (Å²) < 4.78 is 0. The number of piperidine rings is 1. The Labute approximate surface area is 133 Å². The van der Waals surface area contributed by atoms with Crippen LogP contribution in [0.5, 0.6) is 0 Å². The highest BCUT2D eigenvalue weighted by Gasteiger charge is 2.40. The Morgan fingerprint density at radius 3 is 2.45 bits per heavy atom. The molecule has 0 aromatic heterocycles. The molecule has 0 aliphatic carbocycles. The van der Waals surface area contributed by atoms with Crippen LogP contribution in [0.3, 0.4) is 0 Å². The molecule has 4 heteroatoms. The monoisotopic (exact) mass is 301 g/mol. The summed E-state index contributed by atoms with van der Waals surface area (Å²) in [6, 6.07) is 10.7. The van der Waals surface area contributed by atoms with Gasteiger partial charge in [-0.05, 0) is 45.5 Å². The maximum absolute atomic E-state index is 12.6. The van der Waals surface area contributed by atoms with Gasteiger partial charge in [0, 0.05) is 25.2 Å². The van der Waals surface area contributed by atoms with Crippen LogP contribution in [-0.4, -0.2) is 56.0 Å². The van der Waals surface area contributed by atoms with Gasteiger partial charge in [-0.15, -0.1) is 0 Å². The second-order valence-corrected chi connectivity index (χ2v) is 6.81. The predicted molar refractivity (Wildman–Crippen MR) is 88.6 cm³/mol. The number of nitrogens with one attached hydrogen (secondary N) is 1. The summed E-state index contributed by atoms with van der Waals surface area (Å²) in [7, 11) is 4.32. The quantitative estimate of drug-likeness (QED) is 0.922. The van der Waals surface area contributed by atoms with Crippen molar-refractivity contribution >= 4 is 5.91 Å². The van der Waals surface area contributed by atoms with Crippen molar-refractivity contribution in [3.8, 4) is 0 Å². The number of rotatable bonds is 3. The number of amides is 1. The molecule has 2 heterocycles. The van der Waals surface area contributed by atoms with E-state index in [4.69, 9.17) is 0 Å². The second kappa shape index (κ2) is 6.39. The zero-order chi connectivity index (χ0) is 15.6. The van der Waals surface area contributed by atoms with Gasteiger partial charge in [0.25, 0.3) is 0 Å². The molecule has 1 unspecified atom stereocenters. The average molecular weight is 301 g/mol. The van der Waals surface area contributed by atoms with Crippen LogP contribution in [0, 0.1) is 5.92 Å². The minimum atomic E-state index is 0.0615. The molecule has 4 nitrogen and oxygen atoms in total. The largest absolute Gasteiger partial charge is 0.342 e. The van der Waals surface area contributed by atoms with Crippen molar-refractivity contribution < 1.29 is 4.79 Å². The zero-order valence-corrected chi connectivity index (χ0v) is 13.7. The highest BCUT2D eigenvalue weighted by Crippen LogP contribution is 2.37. The van der Waals surface area contributed by atoms with E-state index in [0.29, 0.717) is 5.91 Å². The lowest BCUT2D eigenvalue weighted by molar-refractivity contribution is -0.137. The van der Waals surface area contributed by atoms with E-state index in [9.17, 15) is 4.79 Å². The van der Waals surface area contributed by atoms with Gasteiger partial charge in [-0.1, -0.05) is 30.3 Å². The molecule has 1 aromatic carbocycles. The summed E-state index contributed by atoms with van der Waals surface area (Å²) >= 11 is 0. The normalized spacial score (nSPS) is 24.7. The second-order valence-electron chi connectivity index (χ2n) is 6.81. The van der Waals surface area contributed by atoms with Crippen LogP contribution in [0.15, 0.2) is 30.3 Å². The molecule has 1 N–H and O–H groups in total. The first-order valence-electron chi connectivity index (χ1n) is 8.36. The van der Waals surface area contributed by atoms with Gasteiger partial charge in [-0.3, -0.25) is 9.69 Å². The van der Waals surface area contributed by atoms with E-state index in [-0.39, 0.29) is 11.5 Å². The third kappa shape index (κ3) is 2.77. The number of hydrogen-bond donors (Lipinski definition) is 1. The maximum atomic E-state index is 12.6. The van der Waals surface area contributed by atoms with Gasteiger partial charge >= 0.3 is 0 Å². The van der Waals surface area contributed by atoms with Crippen LogP contribution in [0.4, 0.5) is 0 Å². The molecule has 3 rings (SSSR count). The molecule has 0 spiro atoms. The minimum absolute atomic E-state index is 0.0615. The maximum Gasteiger partial charge on any atom is 0.227 e. The molecular formula is C18H27N3O. The van der Waals surface area contributed by atoms with E-state index >= 15 is 0 Å². The highest BCUT2D eigenvalue weighted by atomic mass is 16.2. The Hall–Kier alpha value is -1.39. The molecule has 2 aliphatic rings. The summed E-state index contributed by atoms with van der Waals surface area (Å²) in [6.45, 7) is 3.56. The molecular weight excluding hydrogens is 274 g/mol. The van der Waals surface area contributed by atoms with Crippen LogP contribution >= 0.6 is 0 Å².